The third kappa shape index (κ3) is 1.47. The van der Waals surface area contributed by atoms with Crippen molar-refractivity contribution in [1.82, 2.24) is 10.3 Å². The van der Waals surface area contributed by atoms with Gasteiger partial charge in [-0.05, 0) is 6.42 Å². The van der Waals surface area contributed by atoms with Gasteiger partial charge in [-0.25, -0.2) is 4.98 Å². The number of nitrogens with one attached hydrogen (secondary N) is 1. The number of hydrogen-bond acceptors (Lipinski definition) is 4. The molecule has 3 heterocycles. The number of thiazole rings is 1. The molecule has 0 radical (unpaired) electrons. The first-order valence-corrected chi connectivity index (χ1v) is 6.02. The quantitative estimate of drug-likeness (QED) is 0.758. The van der Waals surface area contributed by atoms with E-state index in [0.29, 0.717) is 5.92 Å². The van der Waals surface area contributed by atoms with Crippen LogP contribution in [0.3, 0.4) is 0 Å². The highest BCUT2D eigenvalue weighted by Gasteiger charge is 2.23. The van der Waals surface area contributed by atoms with Crippen molar-refractivity contribution in [3.63, 3.8) is 0 Å². The predicted molar refractivity (Wildman–Crippen MR) is 55.7 cm³/mol. The number of ether oxygens (including phenoxy) is 1. The molecule has 1 aromatic heterocycles. The number of fused-ring (bicyclic) bond motifs is 1. The Morgan fingerprint density at radius 2 is 2.50 bits per heavy atom. The van der Waals surface area contributed by atoms with Crippen LogP contribution < -0.4 is 5.32 Å². The molecule has 1 N–H and O–H groups in total. The lowest BCUT2D eigenvalue weighted by Gasteiger charge is -2.09. The van der Waals surface area contributed by atoms with E-state index >= 15 is 0 Å². The van der Waals surface area contributed by atoms with Gasteiger partial charge in [-0.2, -0.15) is 0 Å². The first-order chi connectivity index (χ1) is 6.93. The summed E-state index contributed by atoms with van der Waals surface area (Å²) >= 11 is 1.88. The average molecular weight is 210 g/mol. The molecule has 0 bridgehead atoms. The van der Waals surface area contributed by atoms with Crippen LogP contribution in [-0.2, 0) is 17.7 Å². The van der Waals surface area contributed by atoms with Gasteiger partial charge in [0.2, 0.25) is 0 Å². The van der Waals surface area contributed by atoms with Gasteiger partial charge < -0.3 is 10.1 Å². The van der Waals surface area contributed by atoms with Crippen LogP contribution in [0.2, 0.25) is 0 Å². The largest absolute Gasteiger partial charge is 0.381 e. The third-order valence-electron chi connectivity index (χ3n) is 2.90. The maximum Gasteiger partial charge on any atom is 0.0986 e. The standard InChI is InChI=1S/C10H14N2OS/c1-3-11-5-9-8(1)12-10(14-9)7-2-4-13-6-7/h7,11H,1-6H2. The Hall–Kier alpha value is -0.450. The van der Waals surface area contributed by atoms with Gasteiger partial charge in [-0.15, -0.1) is 11.3 Å². The molecule has 2 aliphatic heterocycles. The monoisotopic (exact) mass is 210 g/mol. The molecule has 0 spiro atoms. The minimum Gasteiger partial charge on any atom is -0.381 e. The Balaban J connectivity index is 1.87. The summed E-state index contributed by atoms with van der Waals surface area (Å²) in [6, 6.07) is 0. The van der Waals surface area contributed by atoms with E-state index in [1.165, 1.54) is 15.6 Å². The number of aromatic nitrogens is 1. The molecule has 0 aliphatic carbocycles. The fourth-order valence-electron chi connectivity index (χ4n) is 2.05. The number of nitrogens with zero attached hydrogens (tertiary/aromatic N) is 1. The number of rotatable bonds is 1. The van der Waals surface area contributed by atoms with Crippen molar-refractivity contribution in [2.24, 2.45) is 0 Å². The SMILES string of the molecule is C1Cc2nc(C3CCOC3)sc2CN1. The second-order valence-electron chi connectivity index (χ2n) is 3.91. The van der Waals surface area contributed by atoms with Crippen LogP contribution in [-0.4, -0.2) is 24.7 Å². The molecule has 14 heavy (non-hydrogen) atoms. The van der Waals surface area contributed by atoms with E-state index in [1.54, 1.807) is 0 Å². The van der Waals surface area contributed by atoms with E-state index < -0.39 is 0 Å². The van der Waals surface area contributed by atoms with Crippen LogP contribution in [0.1, 0.15) is 27.9 Å². The van der Waals surface area contributed by atoms with Gasteiger partial charge in [0.25, 0.3) is 0 Å². The van der Waals surface area contributed by atoms with E-state index in [4.69, 9.17) is 9.72 Å². The maximum atomic E-state index is 5.39. The van der Waals surface area contributed by atoms with Gasteiger partial charge in [0.05, 0.1) is 17.3 Å². The molecule has 0 aromatic carbocycles. The van der Waals surface area contributed by atoms with Crippen LogP contribution in [0.15, 0.2) is 0 Å². The van der Waals surface area contributed by atoms with Crippen LogP contribution >= 0.6 is 11.3 Å². The van der Waals surface area contributed by atoms with Crippen molar-refractivity contribution < 1.29 is 4.74 Å². The van der Waals surface area contributed by atoms with Crippen molar-refractivity contribution >= 4 is 11.3 Å². The molecule has 3 nitrogen and oxygen atoms in total. The molecule has 76 valence electrons. The van der Waals surface area contributed by atoms with Crippen molar-refractivity contribution in [2.45, 2.75) is 25.3 Å². The minimum absolute atomic E-state index is 0.575. The summed E-state index contributed by atoms with van der Waals surface area (Å²) in [5.41, 5.74) is 1.33. The van der Waals surface area contributed by atoms with Crippen molar-refractivity contribution in [1.29, 1.82) is 0 Å². The molecule has 4 heteroatoms. The Morgan fingerprint density at radius 3 is 3.29 bits per heavy atom. The fraction of sp³-hybridized carbons (Fsp3) is 0.700. The summed E-state index contributed by atoms with van der Waals surface area (Å²) in [7, 11) is 0. The molecular formula is C10H14N2OS. The summed E-state index contributed by atoms with van der Waals surface area (Å²) < 4.78 is 5.39. The van der Waals surface area contributed by atoms with E-state index in [1.807, 2.05) is 11.3 Å². The topological polar surface area (TPSA) is 34.1 Å². The lowest BCUT2D eigenvalue weighted by atomic mass is 10.1. The van der Waals surface area contributed by atoms with Gasteiger partial charge in [0.15, 0.2) is 0 Å². The van der Waals surface area contributed by atoms with Crippen molar-refractivity contribution in [3.05, 3.63) is 15.6 Å². The van der Waals surface area contributed by atoms with Crippen molar-refractivity contribution in [3.8, 4) is 0 Å². The first kappa shape index (κ1) is 8.83. The summed E-state index contributed by atoms with van der Waals surface area (Å²) in [5, 5.41) is 4.69. The van der Waals surface area contributed by atoms with Gasteiger partial charge in [-0.1, -0.05) is 0 Å². The summed E-state index contributed by atoms with van der Waals surface area (Å²) in [4.78, 5) is 6.17. The fourth-order valence-corrected chi connectivity index (χ4v) is 3.25. The average Bonchev–Trinajstić information content (AvgIpc) is 2.86. The molecule has 1 atom stereocenters. The van der Waals surface area contributed by atoms with Gasteiger partial charge >= 0.3 is 0 Å². The Labute approximate surface area is 87.5 Å². The van der Waals surface area contributed by atoms with Crippen LogP contribution in [0, 0.1) is 0 Å². The normalized spacial score (nSPS) is 26.4. The maximum absolute atomic E-state index is 5.39. The zero-order valence-electron chi connectivity index (χ0n) is 8.08. The van der Waals surface area contributed by atoms with Gasteiger partial charge in [0.1, 0.15) is 0 Å². The van der Waals surface area contributed by atoms with E-state index in [0.717, 1.165) is 39.1 Å². The van der Waals surface area contributed by atoms with E-state index in [9.17, 15) is 0 Å². The Bertz CT molecular complexity index is 307. The van der Waals surface area contributed by atoms with Crippen LogP contribution in [0.5, 0.6) is 0 Å². The Morgan fingerprint density at radius 1 is 1.50 bits per heavy atom. The molecule has 1 aromatic rings. The second-order valence-corrected chi connectivity index (χ2v) is 5.02. The zero-order valence-corrected chi connectivity index (χ0v) is 8.90. The van der Waals surface area contributed by atoms with Gasteiger partial charge in [0, 0.05) is 36.9 Å². The molecule has 1 saturated heterocycles. The number of hydrogen-bond donors (Lipinski definition) is 1. The van der Waals surface area contributed by atoms with Crippen LogP contribution in [0.25, 0.3) is 0 Å². The van der Waals surface area contributed by atoms with E-state index in [2.05, 4.69) is 5.32 Å². The second kappa shape index (κ2) is 3.61. The lowest BCUT2D eigenvalue weighted by molar-refractivity contribution is 0.194. The predicted octanol–water partition coefficient (Wildman–Crippen LogP) is 1.29. The molecule has 1 unspecified atom stereocenters. The molecule has 2 aliphatic rings. The highest BCUT2D eigenvalue weighted by molar-refractivity contribution is 7.11. The first-order valence-electron chi connectivity index (χ1n) is 5.20. The highest BCUT2D eigenvalue weighted by Crippen LogP contribution is 2.31. The van der Waals surface area contributed by atoms with Crippen LogP contribution in [0.4, 0.5) is 0 Å². The summed E-state index contributed by atoms with van der Waals surface area (Å²) in [6.07, 6.45) is 2.25. The molecule has 0 amide bonds. The third-order valence-corrected chi connectivity index (χ3v) is 4.16. The summed E-state index contributed by atoms with van der Waals surface area (Å²) in [6.45, 7) is 3.88. The smallest absolute Gasteiger partial charge is 0.0986 e. The lowest BCUT2D eigenvalue weighted by Crippen LogP contribution is -2.22. The van der Waals surface area contributed by atoms with E-state index in [-0.39, 0.29) is 0 Å². The molecular weight excluding hydrogens is 196 g/mol. The highest BCUT2D eigenvalue weighted by atomic mass is 32.1. The Kier molecular flexibility index (Phi) is 2.27. The molecule has 3 rings (SSSR count). The molecule has 0 saturated carbocycles. The minimum atomic E-state index is 0.575. The zero-order chi connectivity index (χ0) is 9.38. The van der Waals surface area contributed by atoms with Crippen molar-refractivity contribution in [2.75, 3.05) is 19.8 Å². The van der Waals surface area contributed by atoms with Gasteiger partial charge in [-0.3, -0.25) is 0 Å². The molecule has 1 fully saturated rings. The summed E-state index contributed by atoms with van der Waals surface area (Å²) in [5.74, 6) is 0.575.